The average molecular weight is 366 g/mol. The highest BCUT2D eigenvalue weighted by Crippen LogP contribution is 2.42. The Labute approximate surface area is 146 Å². The van der Waals surface area contributed by atoms with Crippen LogP contribution < -0.4 is 0 Å². The highest BCUT2D eigenvalue weighted by molar-refractivity contribution is 7.11. The lowest BCUT2D eigenvalue weighted by atomic mass is 10.1. The minimum atomic E-state index is -1.03. The molecule has 1 fully saturated rings. The van der Waals surface area contributed by atoms with Crippen LogP contribution in [-0.4, -0.2) is 33.4 Å². The van der Waals surface area contributed by atoms with E-state index in [-0.39, 0.29) is 31.3 Å². The van der Waals surface area contributed by atoms with Gasteiger partial charge in [0, 0.05) is 19.0 Å². The van der Waals surface area contributed by atoms with Gasteiger partial charge in [0.1, 0.15) is 4.88 Å². The molecular formula is C17H16F2N2O3S. The molecule has 3 rings (SSSR count). The second-order valence-electron chi connectivity index (χ2n) is 5.96. The van der Waals surface area contributed by atoms with Gasteiger partial charge in [-0.25, -0.2) is 13.8 Å². The summed E-state index contributed by atoms with van der Waals surface area (Å²) in [7, 11) is 0. The molecule has 1 N–H and O–H groups in total. The Morgan fingerprint density at radius 2 is 2.04 bits per heavy atom. The van der Waals surface area contributed by atoms with Crippen LogP contribution in [0.4, 0.5) is 8.78 Å². The number of carbonyl (C=O) groups excluding carboxylic acids is 1. The van der Waals surface area contributed by atoms with Gasteiger partial charge in [-0.3, -0.25) is 9.59 Å². The van der Waals surface area contributed by atoms with Crippen molar-refractivity contribution in [1.82, 2.24) is 9.88 Å². The van der Waals surface area contributed by atoms with E-state index < -0.39 is 17.6 Å². The normalized spacial score (nSPS) is 13.7. The third kappa shape index (κ3) is 4.19. The number of benzene rings is 1. The third-order valence-electron chi connectivity index (χ3n) is 3.99. The van der Waals surface area contributed by atoms with Gasteiger partial charge in [-0.1, -0.05) is 6.07 Å². The molecule has 132 valence electrons. The molecular weight excluding hydrogens is 350 g/mol. The maximum atomic E-state index is 13.4. The number of hydrogen-bond acceptors (Lipinski definition) is 4. The SMILES string of the molecule is O=C(O)CCN(Cc1ccc(F)c(F)c1)C(=O)c1scnc1C1CC1. The lowest BCUT2D eigenvalue weighted by Gasteiger charge is -2.22. The maximum absolute atomic E-state index is 13.4. The van der Waals surface area contributed by atoms with Crippen molar-refractivity contribution in [2.75, 3.05) is 6.54 Å². The molecule has 0 bridgehead atoms. The first-order valence-electron chi connectivity index (χ1n) is 7.84. The van der Waals surface area contributed by atoms with E-state index in [9.17, 15) is 18.4 Å². The zero-order valence-corrected chi connectivity index (χ0v) is 14.1. The molecule has 1 aliphatic rings. The van der Waals surface area contributed by atoms with Crippen LogP contribution in [-0.2, 0) is 11.3 Å². The molecule has 1 saturated carbocycles. The number of carboxylic acid groups (broad SMARTS) is 1. The van der Waals surface area contributed by atoms with Crippen molar-refractivity contribution in [1.29, 1.82) is 0 Å². The van der Waals surface area contributed by atoms with Crippen LogP contribution in [0, 0.1) is 11.6 Å². The highest BCUT2D eigenvalue weighted by Gasteiger charge is 2.32. The van der Waals surface area contributed by atoms with E-state index in [1.165, 1.54) is 22.3 Å². The summed E-state index contributed by atoms with van der Waals surface area (Å²) >= 11 is 1.22. The topological polar surface area (TPSA) is 70.5 Å². The number of aliphatic carboxylic acids is 1. The van der Waals surface area contributed by atoms with Crippen LogP contribution in [0.5, 0.6) is 0 Å². The number of aromatic nitrogens is 1. The summed E-state index contributed by atoms with van der Waals surface area (Å²) in [6.45, 7) is -0.0134. The molecule has 25 heavy (non-hydrogen) atoms. The molecule has 1 aliphatic carbocycles. The Bertz CT molecular complexity index is 805. The number of rotatable bonds is 7. The molecule has 0 saturated heterocycles. The van der Waals surface area contributed by atoms with Crippen molar-refractivity contribution in [3.05, 3.63) is 51.5 Å². The molecule has 5 nitrogen and oxygen atoms in total. The van der Waals surface area contributed by atoms with Crippen molar-refractivity contribution in [3.8, 4) is 0 Å². The van der Waals surface area contributed by atoms with Crippen molar-refractivity contribution in [2.45, 2.75) is 31.7 Å². The molecule has 0 radical (unpaired) electrons. The number of thiazole rings is 1. The fourth-order valence-electron chi connectivity index (χ4n) is 2.55. The third-order valence-corrected chi connectivity index (χ3v) is 4.82. The monoisotopic (exact) mass is 366 g/mol. The van der Waals surface area contributed by atoms with Crippen LogP contribution in [0.2, 0.25) is 0 Å². The summed E-state index contributed by atoms with van der Waals surface area (Å²) in [4.78, 5) is 29.9. The Morgan fingerprint density at radius 1 is 1.28 bits per heavy atom. The second-order valence-corrected chi connectivity index (χ2v) is 6.81. The van der Waals surface area contributed by atoms with E-state index in [4.69, 9.17) is 5.11 Å². The van der Waals surface area contributed by atoms with E-state index in [1.54, 1.807) is 5.51 Å². The van der Waals surface area contributed by atoms with Crippen LogP contribution in [0.15, 0.2) is 23.7 Å². The first-order chi connectivity index (χ1) is 12.0. The van der Waals surface area contributed by atoms with Gasteiger partial charge in [0.15, 0.2) is 11.6 Å². The predicted molar refractivity (Wildman–Crippen MR) is 87.4 cm³/mol. The fraction of sp³-hybridized carbons (Fsp3) is 0.353. The summed E-state index contributed by atoms with van der Waals surface area (Å²) in [5.41, 5.74) is 2.75. The molecule has 2 aromatic rings. The van der Waals surface area contributed by atoms with Gasteiger partial charge in [0.2, 0.25) is 0 Å². The largest absolute Gasteiger partial charge is 0.481 e. The van der Waals surface area contributed by atoms with E-state index in [0.29, 0.717) is 10.4 Å². The lowest BCUT2D eigenvalue weighted by Crippen LogP contribution is -2.32. The van der Waals surface area contributed by atoms with Gasteiger partial charge in [0.05, 0.1) is 17.6 Å². The molecule has 0 spiro atoms. The molecule has 0 aliphatic heterocycles. The molecule has 0 atom stereocenters. The number of carboxylic acids is 1. The Morgan fingerprint density at radius 3 is 2.68 bits per heavy atom. The van der Waals surface area contributed by atoms with Crippen LogP contribution in [0.25, 0.3) is 0 Å². The molecule has 8 heteroatoms. The van der Waals surface area contributed by atoms with Gasteiger partial charge in [-0.2, -0.15) is 0 Å². The van der Waals surface area contributed by atoms with Crippen molar-refractivity contribution >= 4 is 23.2 Å². The molecule has 1 aromatic carbocycles. The summed E-state index contributed by atoms with van der Waals surface area (Å²) in [6.07, 6.45) is 1.75. The summed E-state index contributed by atoms with van der Waals surface area (Å²) in [6, 6.07) is 3.39. The number of carbonyl (C=O) groups is 2. The Balaban J connectivity index is 1.82. The minimum Gasteiger partial charge on any atom is -0.481 e. The number of hydrogen-bond donors (Lipinski definition) is 1. The first kappa shape index (κ1) is 17.5. The van der Waals surface area contributed by atoms with Crippen molar-refractivity contribution < 1.29 is 23.5 Å². The molecule has 1 aromatic heterocycles. The summed E-state index contributed by atoms with van der Waals surface area (Å²) in [5, 5.41) is 8.92. The zero-order valence-electron chi connectivity index (χ0n) is 13.2. The first-order valence-corrected chi connectivity index (χ1v) is 8.72. The zero-order chi connectivity index (χ0) is 18.0. The number of nitrogens with zero attached hydrogens (tertiary/aromatic N) is 2. The minimum absolute atomic E-state index is 0.00528. The number of amides is 1. The van der Waals surface area contributed by atoms with Gasteiger partial charge >= 0.3 is 5.97 Å². The van der Waals surface area contributed by atoms with E-state index in [1.807, 2.05) is 0 Å². The smallest absolute Gasteiger partial charge is 0.305 e. The molecule has 0 unspecified atom stereocenters. The Hall–Kier alpha value is -2.35. The van der Waals surface area contributed by atoms with Crippen molar-refractivity contribution in [3.63, 3.8) is 0 Å². The standard InChI is InChI=1S/C17H16F2N2O3S/c18-12-4-1-10(7-13(12)19)8-21(6-5-14(22)23)17(24)16-15(11-2-3-11)20-9-25-16/h1,4,7,9,11H,2-3,5-6,8H2,(H,22,23). The van der Waals surface area contributed by atoms with Gasteiger partial charge < -0.3 is 10.0 Å². The van der Waals surface area contributed by atoms with Crippen LogP contribution in [0.3, 0.4) is 0 Å². The van der Waals surface area contributed by atoms with Gasteiger partial charge in [-0.05, 0) is 30.5 Å². The van der Waals surface area contributed by atoms with E-state index in [0.717, 1.165) is 30.7 Å². The van der Waals surface area contributed by atoms with E-state index >= 15 is 0 Å². The summed E-state index contributed by atoms with van der Waals surface area (Å²) < 4.78 is 26.5. The molecule has 1 heterocycles. The predicted octanol–water partition coefficient (Wildman–Crippen LogP) is 3.42. The van der Waals surface area contributed by atoms with E-state index in [2.05, 4.69) is 4.98 Å². The Kier molecular flexibility index (Phi) is 5.08. The fourth-order valence-corrected chi connectivity index (χ4v) is 3.39. The lowest BCUT2D eigenvalue weighted by molar-refractivity contribution is -0.137. The van der Waals surface area contributed by atoms with Crippen LogP contribution >= 0.6 is 11.3 Å². The maximum Gasteiger partial charge on any atom is 0.305 e. The van der Waals surface area contributed by atoms with Gasteiger partial charge in [-0.15, -0.1) is 11.3 Å². The number of halogens is 2. The highest BCUT2D eigenvalue weighted by atomic mass is 32.1. The van der Waals surface area contributed by atoms with Crippen molar-refractivity contribution in [2.24, 2.45) is 0 Å². The summed E-state index contributed by atoms with van der Waals surface area (Å²) in [5.74, 6) is -3.04. The second kappa shape index (κ2) is 7.26. The van der Waals surface area contributed by atoms with Crippen LogP contribution in [0.1, 0.15) is 46.1 Å². The average Bonchev–Trinajstić information content (AvgIpc) is 3.30. The molecule has 1 amide bonds. The quantitative estimate of drug-likeness (QED) is 0.815. The van der Waals surface area contributed by atoms with Gasteiger partial charge in [0.25, 0.3) is 5.91 Å².